The van der Waals surface area contributed by atoms with Crippen LogP contribution in [0.3, 0.4) is 0 Å². The molecule has 16 heteroatoms. The molecule has 0 bridgehead atoms. The molecule has 14 nitrogen and oxygen atoms in total. The zero-order valence-electron chi connectivity index (χ0n) is 37.3. The molecule has 62 heavy (non-hydrogen) atoms. The number of phosphoric acid groups is 2. The van der Waals surface area contributed by atoms with E-state index in [4.69, 9.17) is 23.8 Å². The topological polar surface area (TPSA) is 216 Å². The van der Waals surface area contributed by atoms with Gasteiger partial charge in [0.05, 0.1) is 25.9 Å². The fourth-order valence-corrected chi connectivity index (χ4v) is 6.53. The number of allylic oxidation sites excluding steroid dienone is 12. The summed E-state index contributed by atoms with van der Waals surface area (Å²) in [7, 11) is -9.75. The molecular formula is C46H78O14P2. The normalized spacial score (nSPS) is 15.3. The van der Waals surface area contributed by atoms with Crippen molar-refractivity contribution in [3.05, 3.63) is 85.1 Å². The molecule has 0 aromatic heterocycles. The van der Waals surface area contributed by atoms with Crippen LogP contribution in [0.5, 0.6) is 0 Å². The van der Waals surface area contributed by atoms with Crippen LogP contribution < -0.4 is 0 Å². The van der Waals surface area contributed by atoms with Crippen molar-refractivity contribution in [2.45, 2.75) is 167 Å². The van der Waals surface area contributed by atoms with Crippen LogP contribution in [-0.4, -0.2) is 81.6 Å². The van der Waals surface area contributed by atoms with Gasteiger partial charge in [-0.3, -0.25) is 23.2 Å². The molecule has 0 amide bonds. The number of aliphatic hydroxyl groups is 2. The lowest BCUT2D eigenvalue weighted by Gasteiger charge is -2.20. The third kappa shape index (κ3) is 43.9. The van der Waals surface area contributed by atoms with Gasteiger partial charge in [-0.2, -0.15) is 0 Å². The molecule has 0 saturated carbocycles. The van der Waals surface area contributed by atoms with Gasteiger partial charge in [0.1, 0.15) is 12.7 Å². The Morgan fingerprint density at radius 2 is 1.02 bits per heavy atom. The predicted molar refractivity (Wildman–Crippen MR) is 245 cm³/mol. The molecule has 0 aromatic carbocycles. The Balaban J connectivity index is 4.78. The highest BCUT2D eigenvalue weighted by molar-refractivity contribution is 7.47. The van der Waals surface area contributed by atoms with Crippen LogP contribution in [0.15, 0.2) is 85.1 Å². The standard InChI is InChI=1S/C46H78O14P2/c1-3-5-7-9-11-13-14-15-16-17-18-19-20-22-24-28-32-36-45(49)56-40-44(41-59-62(54,55)58-39-43(48)38-57-61(51,52)53)60-46(50)37-33-29-25-27-31-35-42(47)34-30-26-23-21-12-10-8-6-4-2/h12,15-16,18-19,21-22,24-27,30-31,35,42-44,47-48H,3-11,13-14,17,20,23,28-29,32-34,36-41H2,1-2H3,(H,54,55)(H2,51,52,53)/b16-15-,19-18-,21-12-,24-22-,27-25+,30-26-,35-31-/t42?,43-,44+/m0/s1. The third-order valence-electron chi connectivity index (χ3n) is 8.83. The van der Waals surface area contributed by atoms with Gasteiger partial charge >= 0.3 is 27.6 Å². The molecular weight excluding hydrogens is 838 g/mol. The van der Waals surface area contributed by atoms with E-state index >= 15 is 0 Å². The molecule has 2 unspecified atom stereocenters. The van der Waals surface area contributed by atoms with Gasteiger partial charge in [-0.15, -0.1) is 0 Å². The van der Waals surface area contributed by atoms with Crippen molar-refractivity contribution >= 4 is 27.6 Å². The molecule has 356 valence electrons. The molecule has 0 fully saturated rings. The lowest BCUT2D eigenvalue weighted by Crippen LogP contribution is -2.29. The highest BCUT2D eigenvalue weighted by atomic mass is 31.2. The van der Waals surface area contributed by atoms with Crippen molar-refractivity contribution in [3.63, 3.8) is 0 Å². The molecule has 5 N–H and O–H groups in total. The number of phosphoric ester groups is 2. The summed E-state index contributed by atoms with van der Waals surface area (Å²) in [4.78, 5) is 52.7. The van der Waals surface area contributed by atoms with Crippen LogP contribution in [0.1, 0.15) is 149 Å². The van der Waals surface area contributed by atoms with Gasteiger partial charge in [0, 0.05) is 12.8 Å². The Morgan fingerprint density at radius 3 is 1.65 bits per heavy atom. The minimum Gasteiger partial charge on any atom is -0.462 e. The van der Waals surface area contributed by atoms with Crippen molar-refractivity contribution in [3.8, 4) is 0 Å². The minimum atomic E-state index is -4.89. The van der Waals surface area contributed by atoms with E-state index in [0.29, 0.717) is 32.1 Å². The number of esters is 2. The van der Waals surface area contributed by atoms with Gasteiger partial charge in [-0.05, 0) is 77.0 Å². The maximum Gasteiger partial charge on any atom is 0.472 e. The monoisotopic (exact) mass is 916 g/mol. The van der Waals surface area contributed by atoms with Crippen molar-refractivity contribution in [1.82, 2.24) is 0 Å². The van der Waals surface area contributed by atoms with Crippen LogP contribution in [0.25, 0.3) is 0 Å². The number of ether oxygens (including phenoxy) is 2. The second kappa shape index (κ2) is 41.0. The molecule has 0 aliphatic rings. The molecule has 0 radical (unpaired) electrons. The summed E-state index contributed by atoms with van der Waals surface area (Å²) in [5, 5.41) is 19.9. The number of carbonyl (C=O) groups excluding carboxylic acids is 2. The largest absolute Gasteiger partial charge is 0.472 e. The van der Waals surface area contributed by atoms with E-state index in [9.17, 15) is 33.8 Å². The molecule has 0 aromatic rings. The van der Waals surface area contributed by atoms with Crippen molar-refractivity contribution < 1.29 is 66.7 Å². The van der Waals surface area contributed by atoms with Gasteiger partial charge in [0.15, 0.2) is 6.10 Å². The molecule has 4 atom stereocenters. The van der Waals surface area contributed by atoms with E-state index < -0.39 is 72.3 Å². The fourth-order valence-electron chi connectivity index (χ4n) is 5.38. The Morgan fingerprint density at radius 1 is 0.532 bits per heavy atom. The molecule has 0 saturated heterocycles. The van der Waals surface area contributed by atoms with E-state index in [2.05, 4.69) is 59.4 Å². The lowest BCUT2D eigenvalue weighted by atomic mass is 10.1. The average molecular weight is 917 g/mol. The average Bonchev–Trinajstić information content (AvgIpc) is 3.23. The van der Waals surface area contributed by atoms with Crippen LogP contribution in [0.2, 0.25) is 0 Å². The van der Waals surface area contributed by atoms with Crippen LogP contribution in [0, 0.1) is 0 Å². The smallest absolute Gasteiger partial charge is 0.462 e. The van der Waals surface area contributed by atoms with E-state index in [1.165, 1.54) is 57.8 Å². The van der Waals surface area contributed by atoms with Gasteiger partial charge in [-0.25, -0.2) is 9.13 Å². The quantitative estimate of drug-likeness (QED) is 0.0127. The summed E-state index contributed by atoms with van der Waals surface area (Å²) in [5.74, 6) is -1.23. The lowest BCUT2D eigenvalue weighted by molar-refractivity contribution is -0.161. The van der Waals surface area contributed by atoms with E-state index in [1.54, 1.807) is 18.2 Å². The summed E-state index contributed by atoms with van der Waals surface area (Å²) < 4.78 is 47.6. The van der Waals surface area contributed by atoms with Gasteiger partial charge in [0.25, 0.3) is 0 Å². The molecule has 0 heterocycles. The predicted octanol–water partition coefficient (Wildman–Crippen LogP) is 10.5. The van der Waals surface area contributed by atoms with E-state index in [-0.39, 0.29) is 12.8 Å². The molecule has 0 spiro atoms. The summed E-state index contributed by atoms with van der Waals surface area (Å²) in [6.45, 7) is 1.49. The molecule has 0 aliphatic heterocycles. The summed E-state index contributed by atoms with van der Waals surface area (Å²) >= 11 is 0. The number of carbonyl (C=O) groups is 2. The van der Waals surface area contributed by atoms with Crippen molar-refractivity contribution in [2.24, 2.45) is 0 Å². The minimum absolute atomic E-state index is 0.0184. The first kappa shape index (κ1) is 59.3. The Labute approximate surface area is 371 Å². The second-order valence-corrected chi connectivity index (χ2v) is 17.5. The number of hydrogen-bond acceptors (Lipinski definition) is 11. The Bertz CT molecular complexity index is 1430. The first-order valence-electron chi connectivity index (χ1n) is 22.4. The highest BCUT2D eigenvalue weighted by Gasteiger charge is 2.28. The molecule has 0 rings (SSSR count). The SMILES string of the molecule is CCCCC/C=C\C/C=C\CC(O)/C=C\C=C\CCCC(=O)O[C@H](COC(=O)CCC/C=C\C/C=C\C/C=C\CCCCCCCC)COP(=O)(O)OC[C@@H](O)COP(=O)(O)O. The van der Waals surface area contributed by atoms with Crippen LogP contribution >= 0.6 is 15.6 Å². The van der Waals surface area contributed by atoms with Gasteiger partial charge in [-0.1, -0.05) is 144 Å². The summed E-state index contributed by atoms with van der Waals surface area (Å²) in [5.41, 5.74) is 0. The number of aliphatic hydroxyl groups excluding tert-OH is 2. The maximum absolute atomic E-state index is 12.7. The van der Waals surface area contributed by atoms with E-state index in [1.807, 2.05) is 30.4 Å². The first-order chi connectivity index (χ1) is 29.8. The number of hydrogen-bond donors (Lipinski definition) is 5. The van der Waals surface area contributed by atoms with Crippen molar-refractivity contribution in [2.75, 3.05) is 26.4 Å². The fraction of sp³-hybridized carbons (Fsp3) is 0.652. The summed E-state index contributed by atoms with van der Waals surface area (Å²) in [6, 6.07) is 0. The third-order valence-corrected chi connectivity index (χ3v) is 10.3. The van der Waals surface area contributed by atoms with Crippen molar-refractivity contribution in [1.29, 1.82) is 0 Å². The van der Waals surface area contributed by atoms with Gasteiger partial charge in [0.2, 0.25) is 0 Å². The first-order valence-corrected chi connectivity index (χ1v) is 25.4. The Hall–Kier alpha value is -2.74. The highest BCUT2D eigenvalue weighted by Crippen LogP contribution is 2.43. The zero-order chi connectivity index (χ0) is 46.0. The number of rotatable bonds is 41. The van der Waals surface area contributed by atoms with Crippen LogP contribution in [-0.2, 0) is 41.8 Å². The van der Waals surface area contributed by atoms with E-state index in [0.717, 1.165) is 32.1 Å². The van der Waals surface area contributed by atoms with Gasteiger partial charge < -0.3 is 34.4 Å². The second-order valence-electron chi connectivity index (χ2n) is 14.8. The number of unbranched alkanes of at least 4 members (excludes halogenated alkanes) is 11. The maximum atomic E-state index is 12.7. The molecule has 0 aliphatic carbocycles. The van der Waals surface area contributed by atoms with Crippen LogP contribution in [0.4, 0.5) is 0 Å². The summed E-state index contributed by atoms with van der Waals surface area (Å²) in [6.07, 6.45) is 43.3. The Kier molecular flexibility index (Phi) is 39.2. The zero-order valence-corrected chi connectivity index (χ0v) is 39.1.